The Morgan fingerprint density at radius 1 is 0.404 bits per heavy atom. The van der Waals surface area contributed by atoms with Gasteiger partial charge in [-0.25, -0.2) is 15.0 Å². The molecule has 0 unspecified atom stereocenters. The molecule has 0 bridgehead atoms. The first-order valence-corrected chi connectivity index (χ1v) is 17.8. The molecule has 2 heterocycles. The van der Waals surface area contributed by atoms with Crippen molar-refractivity contribution < 1.29 is 0 Å². The molecule has 1 aliphatic carbocycles. The summed E-state index contributed by atoms with van der Waals surface area (Å²) in [6.45, 7) is 4.66. The Labute approximate surface area is 302 Å². The third kappa shape index (κ3) is 4.72. The fraction of sp³-hybridized carbons (Fsp3) is 0.0625. The maximum atomic E-state index is 5.15. The number of benzene rings is 7. The Hall–Kier alpha value is -6.65. The number of nitrogens with zero attached hydrogens (tertiary/aromatic N) is 4. The van der Waals surface area contributed by atoms with E-state index in [4.69, 9.17) is 15.0 Å². The molecule has 0 radical (unpaired) electrons. The van der Waals surface area contributed by atoms with Gasteiger partial charge in [-0.05, 0) is 69.8 Å². The molecule has 0 N–H and O–H groups in total. The molecule has 0 spiro atoms. The van der Waals surface area contributed by atoms with E-state index in [9.17, 15) is 0 Å². The first-order valence-electron chi connectivity index (χ1n) is 17.8. The van der Waals surface area contributed by atoms with Crippen molar-refractivity contribution in [2.45, 2.75) is 19.3 Å². The molecule has 0 saturated heterocycles. The van der Waals surface area contributed by atoms with Crippen LogP contribution < -0.4 is 0 Å². The van der Waals surface area contributed by atoms with E-state index in [1.165, 1.54) is 38.8 Å². The van der Waals surface area contributed by atoms with E-state index in [-0.39, 0.29) is 5.41 Å². The Morgan fingerprint density at radius 3 is 1.67 bits per heavy atom. The van der Waals surface area contributed by atoms with E-state index in [1.807, 2.05) is 36.4 Å². The van der Waals surface area contributed by atoms with Gasteiger partial charge in [-0.3, -0.25) is 0 Å². The number of rotatable bonds is 5. The standard InChI is InChI=1S/C48H34N4/c1-48(2)41-24-13-12-21-36(41)39-29-33(25-27-42(39)48)34-26-28-43-40(30-34)37-22-14-23-38(44(37)52(43)35-19-10-5-11-20-35)47-50-45(31-15-6-3-7-16-31)49-46(51-47)32-17-8-4-9-18-32/h3-30H,1-2H3. The molecule has 7 aromatic carbocycles. The normalized spacial score (nSPS) is 13.0. The van der Waals surface area contributed by atoms with Crippen molar-refractivity contribution in [1.82, 2.24) is 19.5 Å². The molecule has 0 saturated carbocycles. The van der Waals surface area contributed by atoms with Gasteiger partial charge in [-0.15, -0.1) is 0 Å². The minimum atomic E-state index is -0.0241. The maximum absolute atomic E-state index is 5.15. The average Bonchev–Trinajstić information content (AvgIpc) is 3.66. The highest BCUT2D eigenvalue weighted by Gasteiger charge is 2.35. The fourth-order valence-corrected chi connectivity index (χ4v) is 8.10. The second-order valence-corrected chi connectivity index (χ2v) is 14.1. The third-order valence-electron chi connectivity index (χ3n) is 10.7. The summed E-state index contributed by atoms with van der Waals surface area (Å²) in [6.07, 6.45) is 0. The molecule has 10 rings (SSSR count). The Kier molecular flexibility index (Phi) is 6.80. The van der Waals surface area contributed by atoms with Gasteiger partial charge in [0.25, 0.3) is 0 Å². The van der Waals surface area contributed by atoms with Gasteiger partial charge in [0.1, 0.15) is 0 Å². The second kappa shape index (κ2) is 11.7. The Balaban J connectivity index is 1.21. The van der Waals surface area contributed by atoms with E-state index >= 15 is 0 Å². The maximum Gasteiger partial charge on any atom is 0.166 e. The summed E-state index contributed by atoms with van der Waals surface area (Å²) in [5.41, 5.74) is 13.9. The SMILES string of the molecule is CC1(C)c2ccccc2-c2cc(-c3ccc4c(c3)c3cccc(-c5nc(-c6ccccc6)nc(-c6ccccc6)n5)c3n4-c3ccccc3)ccc21. The Morgan fingerprint density at radius 2 is 0.962 bits per heavy atom. The van der Waals surface area contributed by atoms with Crippen molar-refractivity contribution in [3.8, 4) is 62.1 Å². The van der Waals surface area contributed by atoms with Crippen molar-refractivity contribution in [2.24, 2.45) is 0 Å². The summed E-state index contributed by atoms with van der Waals surface area (Å²) in [7, 11) is 0. The van der Waals surface area contributed by atoms with Crippen LogP contribution in [0.2, 0.25) is 0 Å². The van der Waals surface area contributed by atoms with Crippen LogP contribution >= 0.6 is 0 Å². The lowest BCUT2D eigenvalue weighted by atomic mass is 9.82. The fourth-order valence-electron chi connectivity index (χ4n) is 8.10. The van der Waals surface area contributed by atoms with Gasteiger partial charge < -0.3 is 4.57 Å². The summed E-state index contributed by atoms with van der Waals surface area (Å²) in [5, 5.41) is 2.33. The molecule has 246 valence electrons. The van der Waals surface area contributed by atoms with E-state index in [0.717, 1.165) is 38.8 Å². The topological polar surface area (TPSA) is 43.6 Å². The zero-order valence-corrected chi connectivity index (χ0v) is 29.0. The molecule has 0 fully saturated rings. The van der Waals surface area contributed by atoms with E-state index < -0.39 is 0 Å². The first-order chi connectivity index (χ1) is 25.5. The van der Waals surface area contributed by atoms with Crippen LogP contribution in [0.4, 0.5) is 0 Å². The number of fused-ring (bicyclic) bond motifs is 6. The van der Waals surface area contributed by atoms with Gasteiger partial charge in [0.05, 0.1) is 11.0 Å². The monoisotopic (exact) mass is 666 g/mol. The van der Waals surface area contributed by atoms with E-state index in [1.54, 1.807) is 0 Å². The highest BCUT2D eigenvalue weighted by Crippen LogP contribution is 2.50. The average molecular weight is 667 g/mol. The predicted molar refractivity (Wildman–Crippen MR) is 213 cm³/mol. The lowest BCUT2D eigenvalue weighted by Gasteiger charge is -2.21. The molecule has 1 aliphatic rings. The second-order valence-electron chi connectivity index (χ2n) is 14.1. The molecule has 9 aromatic rings. The van der Waals surface area contributed by atoms with Gasteiger partial charge in [-0.2, -0.15) is 0 Å². The number of hydrogen-bond acceptors (Lipinski definition) is 3. The van der Waals surface area contributed by atoms with Gasteiger partial charge >= 0.3 is 0 Å². The minimum absolute atomic E-state index is 0.0241. The molecule has 4 heteroatoms. The van der Waals surface area contributed by atoms with Crippen molar-refractivity contribution in [3.05, 3.63) is 181 Å². The number of hydrogen-bond donors (Lipinski definition) is 0. The quantitative estimate of drug-likeness (QED) is 0.184. The summed E-state index contributed by atoms with van der Waals surface area (Å²) in [6, 6.07) is 60.1. The number of para-hydroxylation sites is 2. The zero-order chi connectivity index (χ0) is 34.8. The minimum Gasteiger partial charge on any atom is -0.308 e. The highest BCUT2D eigenvalue weighted by molar-refractivity contribution is 6.14. The van der Waals surface area contributed by atoms with Crippen molar-refractivity contribution in [3.63, 3.8) is 0 Å². The van der Waals surface area contributed by atoms with Crippen LogP contribution in [-0.4, -0.2) is 19.5 Å². The molecular formula is C48H34N4. The van der Waals surface area contributed by atoms with Crippen molar-refractivity contribution in [1.29, 1.82) is 0 Å². The van der Waals surface area contributed by atoms with Gasteiger partial charge in [-0.1, -0.05) is 147 Å². The van der Waals surface area contributed by atoms with Crippen LogP contribution in [0.25, 0.3) is 83.9 Å². The molecule has 0 atom stereocenters. The lowest BCUT2D eigenvalue weighted by molar-refractivity contribution is 0.660. The van der Waals surface area contributed by atoms with Gasteiger partial charge in [0.2, 0.25) is 0 Å². The first kappa shape index (κ1) is 30.2. The molecular weight excluding hydrogens is 633 g/mol. The molecule has 2 aromatic heterocycles. The number of aromatic nitrogens is 4. The third-order valence-corrected chi connectivity index (χ3v) is 10.7. The smallest absolute Gasteiger partial charge is 0.166 e. The molecule has 4 nitrogen and oxygen atoms in total. The largest absolute Gasteiger partial charge is 0.308 e. The van der Waals surface area contributed by atoms with Crippen LogP contribution in [-0.2, 0) is 5.41 Å². The predicted octanol–water partition coefficient (Wildman–Crippen LogP) is 11.9. The summed E-state index contributed by atoms with van der Waals surface area (Å²) >= 11 is 0. The lowest BCUT2D eigenvalue weighted by Crippen LogP contribution is -2.14. The molecule has 0 aliphatic heterocycles. The molecule has 0 amide bonds. The molecule has 52 heavy (non-hydrogen) atoms. The van der Waals surface area contributed by atoms with E-state index in [2.05, 4.69) is 152 Å². The van der Waals surface area contributed by atoms with Crippen molar-refractivity contribution in [2.75, 3.05) is 0 Å². The van der Waals surface area contributed by atoms with Crippen LogP contribution in [0.15, 0.2) is 170 Å². The summed E-state index contributed by atoms with van der Waals surface area (Å²) < 4.78 is 2.36. The zero-order valence-electron chi connectivity index (χ0n) is 29.0. The summed E-state index contributed by atoms with van der Waals surface area (Å²) in [5.74, 6) is 1.93. The van der Waals surface area contributed by atoms with Gasteiger partial charge in [0, 0.05) is 38.6 Å². The van der Waals surface area contributed by atoms with Crippen molar-refractivity contribution >= 4 is 21.8 Å². The van der Waals surface area contributed by atoms with Crippen LogP contribution in [0.5, 0.6) is 0 Å². The Bertz CT molecular complexity index is 2740. The highest BCUT2D eigenvalue weighted by atomic mass is 15.0. The van der Waals surface area contributed by atoms with Crippen LogP contribution in [0, 0.1) is 0 Å². The van der Waals surface area contributed by atoms with E-state index in [0.29, 0.717) is 17.5 Å². The van der Waals surface area contributed by atoms with Gasteiger partial charge in [0.15, 0.2) is 17.5 Å². The summed E-state index contributed by atoms with van der Waals surface area (Å²) in [4.78, 5) is 15.3. The van der Waals surface area contributed by atoms with Crippen LogP contribution in [0.1, 0.15) is 25.0 Å². The van der Waals surface area contributed by atoms with Crippen LogP contribution in [0.3, 0.4) is 0 Å².